The van der Waals surface area contributed by atoms with Gasteiger partial charge in [-0.2, -0.15) is 0 Å². The third-order valence-corrected chi connectivity index (χ3v) is 5.66. The van der Waals surface area contributed by atoms with Gasteiger partial charge in [-0.1, -0.05) is 6.92 Å². The Morgan fingerprint density at radius 1 is 0.778 bits per heavy atom. The van der Waals surface area contributed by atoms with Crippen molar-refractivity contribution < 1.29 is 43.3 Å². The van der Waals surface area contributed by atoms with Crippen LogP contribution in [0.3, 0.4) is 0 Å². The van der Waals surface area contributed by atoms with Gasteiger partial charge in [0.25, 0.3) is 0 Å². The second-order valence-corrected chi connectivity index (χ2v) is 11.3. The van der Waals surface area contributed by atoms with Crippen molar-refractivity contribution in [3.8, 4) is 0 Å². The molecular formula is C25H42N2O9. The summed E-state index contributed by atoms with van der Waals surface area (Å²) in [5.74, 6) is -3.17. The number of ketones is 1. The molecule has 0 spiro atoms. The van der Waals surface area contributed by atoms with E-state index in [1.54, 1.807) is 39.5 Å². The normalized spacial score (nSPS) is 23.9. The molecular weight excluding hydrogens is 472 g/mol. The molecule has 0 unspecified atom stereocenters. The average molecular weight is 515 g/mol. The minimum Gasteiger partial charge on any atom is -0.481 e. The number of esters is 1. The van der Waals surface area contributed by atoms with Crippen molar-refractivity contribution >= 4 is 29.9 Å². The maximum absolute atomic E-state index is 11.9. The molecule has 2 saturated heterocycles. The topological polar surface area (TPSA) is 140 Å². The fourth-order valence-corrected chi connectivity index (χ4v) is 3.99. The Morgan fingerprint density at radius 2 is 1.19 bits per heavy atom. The number of carboxylic acids is 1. The molecule has 4 atom stereocenters. The van der Waals surface area contributed by atoms with E-state index in [0.717, 1.165) is 0 Å². The summed E-state index contributed by atoms with van der Waals surface area (Å²) in [7, 11) is 0. The van der Waals surface area contributed by atoms with E-state index in [2.05, 4.69) is 0 Å². The summed E-state index contributed by atoms with van der Waals surface area (Å²) < 4.78 is 15.3. The van der Waals surface area contributed by atoms with E-state index in [4.69, 9.17) is 19.3 Å². The second kappa shape index (κ2) is 12.4. The highest BCUT2D eigenvalue weighted by Crippen LogP contribution is 2.27. The van der Waals surface area contributed by atoms with E-state index >= 15 is 0 Å². The summed E-state index contributed by atoms with van der Waals surface area (Å²) in [5.41, 5.74) is -1.15. The van der Waals surface area contributed by atoms with Gasteiger partial charge in [-0.25, -0.2) is 9.59 Å². The molecule has 11 heteroatoms. The van der Waals surface area contributed by atoms with E-state index in [-0.39, 0.29) is 43.4 Å². The van der Waals surface area contributed by atoms with Crippen molar-refractivity contribution in [2.45, 2.75) is 73.5 Å². The van der Waals surface area contributed by atoms with Crippen molar-refractivity contribution in [1.29, 1.82) is 0 Å². The van der Waals surface area contributed by atoms with E-state index in [9.17, 15) is 24.0 Å². The predicted molar refractivity (Wildman–Crippen MR) is 130 cm³/mol. The first-order valence-corrected chi connectivity index (χ1v) is 12.2. The number of carboxylic acid groups (broad SMARTS) is 1. The maximum Gasteiger partial charge on any atom is 0.410 e. The molecule has 0 aliphatic carbocycles. The van der Waals surface area contributed by atoms with Crippen molar-refractivity contribution in [3.05, 3.63) is 0 Å². The van der Waals surface area contributed by atoms with Gasteiger partial charge in [0.15, 0.2) is 0 Å². The SMILES string of the molecule is CC(=O)[C@@H]1CN(C(=O)OC(C)(C)C)C[C@H]1C.CCOC(=O)[C@@H]1CN(C(=O)OC(C)(C)C)C[C@H]1C(=O)O. The van der Waals surface area contributed by atoms with Crippen molar-refractivity contribution in [2.75, 3.05) is 32.8 Å². The van der Waals surface area contributed by atoms with Crippen LogP contribution in [0.4, 0.5) is 9.59 Å². The Morgan fingerprint density at radius 3 is 1.56 bits per heavy atom. The molecule has 11 nitrogen and oxygen atoms in total. The van der Waals surface area contributed by atoms with Crippen LogP contribution in [0.25, 0.3) is 0 Å². The molecule has 1 N–H and O–H groups in total. The second-order valence-electron chi connectivity index (χ2n) is 11.3. The van der Waals surface area contributed by atoms with Gasteiger partial charge < -0.3 is 29.1 Å². The summed E-state index contributed by atoms with van der Waals surface area (Å²) in [6.45, 7) is 17.1. The van der Waals surface area contributed by atoms with Gasteiger partial charge in [0.1, 0.15) is 17.0 Å². The zero-order valence-electron chi connectivity index (χ0n) is 23.0. The van der Waals surface area contributed by atoms with Gasteiger partial charge in [-0.05, 0) is 61.3 Å². The highest BCUT2D eigenvalue weighted by molar-refractivity contribution is 5.84. The number of nitrogens with zero attached hydrogens (tertiary/aromatic N) is 2. The molecule has 36 heavy (non-hydrogen) atoms. The number of ether oxygens (including phenoxy) is 3. The minimum absolute atomic E-state index is 0.00468. The zero-order valence-corrected chi connectivity index (χ0v) is 23.0. The molecule has 0 saturated carbocycles. The zero-order chi connectivity index (χ0) is 28.0. The Bertz CT molecular complexity index is 828. The fraction of sp³-hybridized carbons (Fsp3) is 0.800. The van der Waals surface area contributed by atoms with Crippen LogP contribution < -0.4 is 0 Å². The van der Waals surface area contributed by atoms with Crippen LogP contribution in [0.1, 0.15) is 62.3 Å². The highest BCUT2D eigenvalue weighted by Gasteiger charge is 2.45. The minimum atomic E-state index is -1.12. The summed E-state index contributed by atoms with van der Waals surface area (Å²) in [6.07, 6.45) is -0.932. The summed E-state index contributed by atoms with van der Waals surface area (Å²) in [4.78, 5) is 60.8. The maximum atomic E-state index is 11.9. The third kappa shape index (κ3) is 9.66. The lowest BCUT2D eigenvalue weighted by Crippen LogP contribution is -2.36. The molecule has 0 aromatic rings. The number of carbonyl (C=O) groups is 5. The van der Waals surface area contributed by atoms with Crippen LogP contribution in [0, 0.1) is 23.7 Å². The summed E-state index contributed by atoms with van der Waals surface area (Å²) in [5, 5.41) is 9.15. The number of Topliss-reactive ketones (excluding diaryl/α,β-unsaturated/α-hetero) is 1. The molecule has 0 aromatic carbocycles. The van der Waals surface area contributed by atoms with Crippen molar-refractivity contribution in [2.24, 2.45) is 23.7 Å². The van der Waals surface area contributed by atoms with Crippen molar-refractivity contribution in [3.63, 3.8) is 0 Å². The number of likely N-dealkylation sites (tertiary alicyclic amines) is 2. The van der Waals surface area contributed by atoms with Gasteiger partial charge in [0.05, 0.1) is 18.4 Å². The molecule has 2 aliphatic rings. The van der Waals surface area contributed by atoms with Gasteiger partial charge >= 0.3 is 24.1 Å². The summed E-state index contributed by atoms with van der Waals surface area (Å²) >= 11 is 0. The number of hydrogen-bond acceptors (Lipinski definition) is 8. The van der Waals surface area contributed by atoms with Gasteiger partial charge in [0.2, 0.25) is 0 Å². The number of rotatable bonds is 4. The Hall–Kier alpha value is -2.85. The van der Waals surface area contributed by atoms with E-state index in [1.165, 1.54) is 4.90 Å². The van der Waals surface area contributed by atoms with Crippen LogP contribution in [-0.2, 0) is 28.6 Å². The smallest absolute Gasteiger partial charge is 0.410 e. The molecule has 0 aromatic heterocycles. The molecule has 2 heterocycles. The molecule has 2 fully saturated rings. The highest BCUT2D eigenvalue weighted by atomic mass is 16.6. The monoisotopic (exact) mass is 514 g/mol. The number of aliphatic carboxylic acids is 1. The predicted octanol–water partition coefficient (Wildman–Crippen LogP) is 3.20. The van der Waals surface area contributed by atoms with Gasteiger partial charge in [-0.3, -0.25) is 14.4 Å². The Balaban J connectivity index is 0.000000369. The first kappa shape index (κ1) is 31.2. The first-order valence-electron chi connectivity index (χ1n) is 12.2. The standard InChI is InChI=1S/C13H21NO6.C12H21NO3/c1-5-19-11(17)9-7-14(6-8(9)10(15)16)12(18)20-13(2,3)4;1-8-6-13(7-10(8)9(2)14)11(15)16-12(3,4)5/h8-9H,5-7H2,1-4H3,(H,15,16);8,10H,6-7H2,1-5H3/t8-,9-;8-,10-/m11/s1. The van der Waals surface area contributed by atoms with Crippen LogP contribution in [0.2, 0.25) is 0 Å². The van der Waals surface area contributed by atoms with Crippen LogP contribution in [0.5, 0.6) is 0 Å². The lowest BCUT2D eigenvalue weighted by molar-refractivity contribution is -0.155. The molecule has 206 valence electrons. The number of carbonyl (C=O) groups excluding carboxylic acids is 4. The molecule has 2 amide bonds. The van der Waals surface area contributed by atoms with Gasteiger partial charge in [0, 0.05) is 32.1 Å². The van der Waals surface area contributed by atoms with E-state index in [1.807, 2.05) is 27.7 Å². The lowest BCUT2D eigenvalue weighted by atomic mass is 9.95. The fourth-order valence-electron chi connectivity index (χ4n) is 3.99. The first-order chi connectivity index (χ1) is 16.4. The molecule has 2 rings (SSSR count). The van der Waals surface area contributed by atoms with Gasteiger partial charge in [-0.15, -0.1) is 0 Å². The Labute approximate surface area is 213 Å². The van der Waals surface area contributed by atoms with E-state index in [0.29, 0.717) is 13.1 Å². The summed E-state index contributed by atoms with van der Waals surface area (Å²) in [6, 6.07) is 0. The lowest BCUT2D eigenvalue weighted by Gasteiger charge is -2.24. The largest absolute Gasteiger partial charge is 0.481 e. The Kier molecular flexibility index (Phi) is 10.7. The number of amides is 2. The van der Waals surface area contributed by atoms with Crippen LogP contribution in [0.15, 0.2) is 0 Å². The van der Waals surface area contributed by atoms with Crippen molar-refractivity contribution in [1.82, 2.24) is 9.80 Å². The van der Waals surface area contributed by atoms with Crippen LogP contribution >= 0.6 is 0 Å². The molecule has 0 bridgehead atoms. The molecule has 2 aliphatic heterocycles. The van der Waals surface area contributed by atoms with E-state index < -0.39 is 41.1 Å². The average Bonchev–Trinajstić information content (AvgIpc) is 3.30. The quantitative estimate of drug-likeness (QED) is 0.442. The number of hydrogen-bond donors (Lipinski definition) is 1. The molecule has 0 radical (unpaired) electrons. The third-order valence-electron chi connectivity index (χ3n) is 5.66. The van der Waals surface area contributed by atoms with Crippen LogP contribution in [-0.4, -0.2) is 88.8 Å².